The first kappa shape index (κ1) is 15.6. The van der Waals surface area contributed by atoms with Crippen molar-refractivity contribution in [1.29, 1.82) is 0 Å². The second-order valence-electron chi connectivity index (χ2n) is 5.42. The van der Waals surface area contributed by atoms with E-state index in [0.29, 0.717) is 12.5 Å². The maximum atomic E-state index is 5.13. The van der Waals surface area contributed by atoms with Gasteiger partial charge in [-0.2, -0.15) is 0 Å². The summed E-state index contributed by atoms with van der Waals surface area (Å²) < 4.78 is 7.25. The molecule has 4 heteroatoms. The largest absolute Gasteiger partial charge is 0.383 e. The van der Waals surface area contributed by atoms with E-state index in [1.54, 1.807) is 7.11 Å². The van der Waals surface area contributed by atoms with Crippen LogP contribution in [0.1, 0.15) is 30.5 Å². The maximum Gasteiger partial charge on any atom is 0.203 e. The first-order valence-corrected chi connectivity index (χ1v) is 7.52. The zero-order valence-corrected chi connectivity index (χ0v) is 13.2. The lowest BCUT2D eigenvalue weighted by molar-refractivity contribution is 0.187. The van der Waals surface area contributed by atoms with E-state index in [9.17, 15) is 0 Å². The average molecular weight is 287 g/mol. The Kier molecular flexibility index (Phi) is 5.81. The fourth-order valence-electron chi connectivity index (χ4n) is 2.40. The lowest BCUT2D eigenvalue weighted by Crippen LogP contribution is -2.12. The third-order valence-electron chi connectivity index (χ3n) is 3.66. The Labute approximate surface area is 127 Å². The molecule has 0 aliphatic heterocycles. The minimum absolute atomic E-state index is 0.544. The zero-order valence-electron chi connectivity index (χ0n) is 13.2. The van der Waals surface area contributed by atoms with Crippen molar-refractivity contribution in [1.82, 2.24) is 9.55 Å². The van der Waals surface area contributed by atoms with Gasteiger partial charge < -0.3 is 14.6 Å². The molecule has 1 N–H and O–H groups in total. The number of rotatable bonds is 8. The topological polar surface area (TPSA) is 39.1 Å². The minimum Gasteiger partial charge on any atom is -0.383 e. The number of ether oxygens (including phenoxy) is 1. The van der Waals surface area contributed by atoms with Gasteiger partial charge in [-0.1, -0.05) is 37.3 Å². The van der Waals surface area contributed by atoms with Crippen molar-refractivity contribution in [3.63, 3.8) is 0 Å². The van der Waals surface area contributed by atoms with Gasteiger partial charge in [0.25, 0.3) is 0 Å². The Bertz CT molecular complexity index is 536. The van der Waals surface area contributed by atoms with Crippen LogP contribution in [0, 0.1) is 6.92 Å². The molecule has 0 aliphatic carbocycles. The van der Waals surface area contributed by atoms with Crippen LogP contribution in [0.3, 0.4) is 0 Å². The summed E-state index contributed by atoms with van der Waals surface area (Å²) >= 11 is 0. The summed E-state index contributed by atoms with van der Waals surface area (Å²) in [4.78, 5) is 4.53. The van der Waals surface area contributed by atoms with Gasteiger partial charge >= 0.3 is 0 Å². The van der Waals surface area contributed by atoms with E-state index in [1.807, 2.05) is 6.92 Å². The summed E-state index contributed by atoms with van der Waals surface area (Å²) in [6.07, 6.45) is 3.14. The van der Waals surface area contributed by atoms with Crippen LogP contribution < -0.4 is 5.32 Å². The quantitative estimate of drug-likeness (QED) is 0.808. The molecule has 0 radical (unpaired) electrons. The normalized spacial score (nSPS) is 12.3. The maximum absolute atomic E-state index is 5.13. The number of aromatic nitrogens is 2. The standard InChI is InChI=1S/C17H25N3O/c1-14(16-7-5-4-6-8-16)9-10-18-17-19-15(2)13-20(17)11-12-21-3/h4-8,13-14H,9-12H2,1-3H3,(H,18,19). The Morgan fingerprint density at radius 3 is 2.76 bits per heavy atom. The SMILES string of the molecule is COCCn1cc(C)nc1NCCC(C)c1ccccc1. The molecule has 0 amide bonds. The molecule has 1 aromatic heterocycles. The van der Waals surface area contributed by atoms with Crippen LogP contribution in [0.2, 0.25) is 0 Å². The molecule has 21 heavy (non-hydrogen) atoms. The molecule has 2 aromatic rings. The van der Waals surface area contributed by atoms with E-state index in [-0.39, 0.29) is 0 Å². The van der Waals surface area contributed by atoms with Crippen molar-refractivity contribution in [2.45, 2.75) is 32.7 Å². The first-order chi connectivity index (χ1) is 10.2. The van der Waals surface area contributed by atoms with Gasteiger partial charge in [-0.15, -0.1) is 0 Å². The van der Waals surface area contributed by atoms with E-state index in [0.717, 1.165) is 31.2 Å². The summed E-state index contributed by atoms with van der Waals surface area (Å²) in [5, 5.41) is 3.44. The molecule has 4 nitrogen and oxygen atoms in total. The number of hydrogen-bond donors (Lipinski definition) is 1. The summed E-state index contributed by atoms with van der Waals surface area (Å²) in [5.41, 5.74) is 2.42. The van der Waals surface area contributed by atoms with Crippen LogP contribution in [0.25, 0.3) is 0 Å². The van der Waals surface area contributed by atoms with Gasteiger partial charge in [-0.05, 0) is 24.8 Å². The van der Waals surface area contributed by atoms with Gasteiger partial charge in [0.15, 0.2) is 0 Å². The van der Waals surface area contributed by atoms with Gasteiger partial charge in [0, 0.05) is 26.4 Å². The lowest BCUT2D eigenvalue weighted by atomic mass is 9.98. The highest BCUT2D eigenvalue weighted by Gasteiger charge is 2.07. The number of nitrogens with zero attached hydrogens (tertiary/aromatic N) is 2. The average Bonchev–Trinajstić information content (AvgIpc) is 2.86. The molecule has 0 bridgehead atoms. The van der Waals surface area contributed by atoms with E-state index in [1.165, 1.54) is 5.56 Å². The molecule has 0 spiro atoms. The van der Waals surface area contributed by atoms with Gasteiger partial charge in [0.05, 0.1) is 12.3 Å². The number of imidazole rings is 1. The number of nitrogens with one attached hydrogen (secondary N) is 1. The molecular formula is C17H25N3O. The highest BCUT2D eigenvalue weighted by atomic mass is 16.5. The van der Waals surface area contributed by atoms with Crippen molar-refractivity contribution in [3.8, 4) is 0 Å². The number of anilines is 1. The summed E-state index contributed by atoms with van der Waals surface area (Å²) in [6, 6.07) is 10.6. The molecule has 1 unspecified atom stereocenters. The Morgan fingerprint density at radius 2 is 2.05 bits per heavy atom. The van der Waals surface area contributed by atoms with Crippen molar-refractivity contribution in [2.75, 3.05) is 25.6 Å². The van der Waals surface area contributed by atoms with Crippen LogP contribution in [0.4, 0.5) is 5.95 Å². The highest BCUT2D eigenvalue weighted by molar-refractivity contribution is 5.29. The summed E-state index contributed by atoms with van der Waals surface area (Å²) in [7, 11) is 1.72. The predicted molar refractivity (Wildman–Crippen MR) is 86.8 cm³/mol. The lowest BCUT2D eigenvalue weighted by Gasteiger charge is -2.13. The molecule has 0 fully saturated rings. The van der Waals surface area contributed by atoms with Gasteiger partial charge in [0.1, 0.15) is 0 Å². The van der Waals surface area contributed by atoms with Crippen molar-refractivity contribution >= 4 is 5.95 Å². The molecule has 0 aliphatic rings. The second-order valence-corrected chi connectivity index (χ2v) is 5.42. The zero-order chi connectivity index (χ0) is 15.1. The van der Waals surface area contributed by atoms with Crippen LogP contribution in [-0.4, -0.2) is 29.8 Å². The fourth-order valence-corrected chi connectivity index (χ4v) is 2.40. The monoisotopic (exact) mass is 287 g/mol. The Morgan fingerprint density at radius 1 is 1.29 bits per heavy atom. The highest BCUT2D eigenvalue weighted by Crippen LogP contribution is 2.18. The molecule has 1 aromatic carbocycles. The molecule has 114 valence electrons. The second kappa shape index (κ2) is 7.84. The van der Waals surface area contributed by atoms with Gasteiger partial charge in [0.2, 0.25) is 5.95 Å². The Hall–Kier alpha value is -1.81. The molecule has 0 saturated carbocycles. The van der Waals surface area contributed by atoms with E-state index in [2.05, 4.69) is 58.3 Å². The predicted octanol–water partition coefficient (Wildman–Crippen LogP) is 3.44. The van der Waals surface area contributed by atoms with Gasteiger partial charge in [-0.25, -0.2) is 4.98 Å². The van der Waals surface area contributed by atoms with Crippen LogP contribution >= 0.6 is 0 Å². The summed E-state index contributed by atoms with van der Waals surface area (Å²) in [6.45, 7) is 6.72. The van der Waals surface area contributed by atoms with E-state index < -0.39 is 0 Å². The van der Waals surface area contributed by atoms with Gasteiger partial charge in [-0.3, -0.25) is 0 Å². The number of hydrogen-bond acceptors (Lipinski definition) is 3. The molecule has 0 saturated heterocycles. The number of benzene rings is 1. The fraction of sp³-hybridized carbons (Fsp3) is 0.471. The number of methoxy groups -OCH3 is 1. The van der Waals surface area contributed by atoms with Crippen LogP contribution in [-0.2, 0) is 11.3 Å². The molecule has 1 atom stereocenters. The van der Waals surface area contributed by atoms with E-state index in [4.69, 9.17) is 4.74 Å². The number of aryl methyl sites for hydroxylation is 1. The molecule has 2 rings (SSSR count). The van der Waals surface area contributed by atoms with Crippen molar-refractivity contribution in [3.05, 3.63) is 47.8 Å². The van der Waals surface area contributed by atoms with Crippen molar-refractivity contribution < 1.29 is 4.74 Å². The molecular weight excluding hydrogens is 262 g/mol. The van der Waals surface area contributed by atoms with Crippen LogP contribution in [0.15, 0.2) is 36.5 Å². The molecule has 1 heterocycles. The van der Waals surface area contributed by atoms with Crippen LogP contribution in [0.5, 0.6) is 0 Å². The minimum atomic E-state index is 0.544. The third kappa shape index (κ3) is 4.60. The van der Waals surface area contributed by atoms with E-state index >= 15 is 0 Å². The summed E-state index contributed by atoms with van der Waals surface area (Å²) in [5.74, 6) is 1.48. The van der Waals surface area contributed by atoms with Crippen molar-refractivity contribution in [2.24, 2.45) is 0 Å². The third-order valence-corrected chi connectivity index (χ3v) is 3.66. The smallest absolute Gasteiger partial charge is 0.203 e. The Balaban J connectivity index is 1.85. The first-order valence-electron chi connectivity index (χ1n) is 7.52.